The number of ether oxygens (including phenoxy) is 2. The molecule has 3 heterocycles. The average Bonchev–Trinajstić information content (AvgIpc) is 3.54. The van der Waals surface area contributed by atoms with E-state index in [1.54, 1.807) is 11.8 Å². The molecule has 7 heteroatoms. The topological polar surface area (TPSA) is 47.0 Å². The van der Waals surface area contributed by atoms with Crippen LogP contribution in [0.25, 0.3) is 0 Å². The summed E-state index contributed by atoms with van der Waals surface area (Å²) in [6.45, 7) is 4.11. The molecule has 5 nitrogen and oxygen atoms in total. The van der Waals surface area contributed by atoms with Crippen LogP contribution in [0.4, 0.5) is 17.2 Å². The Morgan fingerprint density at radius 1 is 0.881 bits per heavy atom. The minimum atomic E-state index is 0. The largest absolute Gasteiger partial charge is 2.00 e. The van der Waals surface area contributed by atoms with Gasteiger partial charge in [-0.2, -0.15) is 5.56 Å². The fraction of sp³-hybridized carbons (Fsp3) is 0.143. The first-order valence-electron chi connectivity index (χ1n) is 13.7. The molecule has 42 heavy (non-hydrogen) atoms. The normalized spacial score (nSPS) is 17.7. The van der Waals surface area contributed by atoms with Gasteiger partial charge in [0.15, 0.2) is 0 Å². The third kappa shape index (κ3) is 4.73. The van der Waals surface area contributed by atoms with E-state index in [2.05, 4.69) is 90.7 Å². The molecule has 0 fully saturated rings. The van der Waals surface area contributed by atoms with Crippen LogP contribution in [0.3, 0.4) is 0 Å². The molecule has 1 aromatic heterocycles. The summed E-state index contributed by atoms with van der Waals surface area (Å²) in [6, 6.07) is 36.0. The molecule has 0 bridgehead atoms. The third-order valence-electron chi connectivity index (χ3n) is 7.61. The molecule has 0 unspecified atom stereocenters. The van der Waals surface area contributed by atoms with Crippen LogP contribution in [0.2, 0.25) is 0 Å². The van der Waals surface area contributed by atoms with Crippen molar-refractivity contribution in [1.29, 1.82) is 0 Å². The van der Waals surface area contributed by atoms with Crippen molar-refractivity contribution in [2.75, 3.05) is 4.90 Å². The molecule has 0 saturated carbocycles. The molecular weight excluding hydrogens is 722 g/mol. The summed E-state index contributed by atoms with van der Waals surface area (Å²) < 4.78 is 12.8. The van der Waals surface area contributed by atoms with Crippen molar-refractivity contribution >= 4 is 34.9 Å². The molecule has 1 aliphatic carbocycles. The van der Waals surface area contributed by atoms with Crippen LogP contribution in [0.5, 0.6) is 11.5 Å². The molecule has 0 spiro atoms. The Hall–Kier alpha value is -3.86. The number of hydrogen-bond donors (Lipinski definition) is 0. The number of pyridine rings is 1. The second-order valence-corrected chi connectivity index (χ2v) is 11.7. The number of hydrogen-bond acceptors (Lipinski definition) is 6. The van der Waals surface area contributed by atoms with E-state index in [0.717, 1.165) is 45.2 Å². The Morgan fingerprint density at radius 3 is 2.55 bits per heavy atom. The zero-order chi connectivity index (χ0) is 27.5. The van der Waals surface area contributed by atoms with Gasteiger partial charge in [0.2, 0.25) is 0 Å². The van der Waals surface area contributed by atoms with Crippen molar-refractivity contribution in [2.24, 2.45) is 4.99 Å². The van der Waals surface area contributed by atoms with Crippen LogP contribution in [-0.2, 0) is 32.2 Å². The number of nitrogens with zero attached hydrogens (tertiary/aromatic N) is 3. The van der Waals surface area contributed by atoms with Gasteiger partial charge in [-0.1, -0.05) is 85.4 Å². The van der Waals surface area contributed by atoms with Crippen LogP contribution in [0, 0.1) is 26.0 Å². The smallest absolute Gasteiger partial charge is 0.514 e. The van der Waals surface area contributed by atoms with Crippen LogP contribution < -0.4 is 9.64 Å². The van der Waals surface area contributed by atoms with Gasteiger partial charge in [0.05, 0.1) is 10.6 Å². The summed E-state index contributed by atoms with van der Waals surface area (Å²) in [5.74, 6) is 2.73. The predicted octanol–water partition coefficient (Wildman–Crippen LogP) is 8.47. The number of aliphatic imine (C=N–C) groups is 1. The summed E-state index contributed by atoms with van der Waals surface area (Å²) in [4.78, 5) is 14.1. The van der Waals surface area contributed by atoms with Gasteiger partial charge in [-0.25, -0.2) is 4.98 Å². The van der Waals surface area contributed by atoms with E-state index in [1.165, 1.54) is 16.0 Å². The number of aromatic nitrogens is 1. The van der Waals surface area contributed by atoms with Gasteiger partial charge in [-0.3, -0.25) is 4.99 Å². The van der Waals surface area contributed by atoms with Gasteiger partial charge in [0.25, 0.3) is 0 Å². The summed E-state index contributed by atoms with van der Waals surface area (Å²) in [6.07, 6.45) is 2.74. The molecule has 8 rings (SSSR count). The maximum absolute atomic E-state index is 6.42. The molecule has 2 atom stereocenters. The Bertz CT molecular complexity index is 1830. The van der Waals surface area contributed by atoms with E-state index in [0.29, 0.717) is 17.4 Å². The Balaban J connectivity index is 0.00000288. The maximum Gasteiger partial charge on any atom is 2.00 e. The fourth-order valence-electron chi connectivity index (χ4n) is 5.87. The van der Waals surface area contributed by atoms with Gasteiger partial charge in [0, 0.05) is 29.0 Å². The Kier molecular flexibility index (Phi) is 6.92. The van der Waals surface area contributed by atoms with E-state index in [-0.39, 0.29) is 33.2 Å². The standard InChI is InChI=1S/C35H25N3O2S.Pt/c1-21-14-24(35-37-33-28-9-4-3-8-23(28)19-30(33)40-35)18-26(16-21)39-27-17-22(2)15-25(20-27)38-29-10-5-6-11-31(29)41-32-12-7-13-36-34(32)38;/h3-17,30,33H,19H2,1-2H3;/q-2;+2/t30-,33+;/m0./s1. The van der Waals surface area contributed by atoms with Crippen molar-refractivity contribution in [1.82, 2.24) is 4.98 Å². The number of benzene rings is 4. The minimum Gasteiger partial charge on any atom is -0.514 e. The first-order valence-corrected chi connectivity index (χ1v) is 14.5. The van der Waals surface area contributed by atoms with Crippen LogP contribution in [-0.4, -0.2) is 17.0 Å². The van der Waals surface area contributed by atoms with Crippen LogP contribution in [0.15, 0.2) is 106 Å². The van der Waals surface area contributed by atoms with E-state index in [9.17, 15) is 0 Å². The number of rotatable bonds is 4. The molecule has 0 N–H and O–H groups in total. The SMILES string of the molecule is Cc1cc(Oc2[c-]c(N3c4ccccc4Sc4cccnc43)cc(C)c2)[c-]c(C2=N[C@@H]3c4ccccc4C[C@@H]3O2)c1.[Pt+2]. The minimum absolute atomic E-state index is 0. The van der Waals surface area contributed by atoms with Crippen LogP contribution >= 0.6 is 11.8 Å². The second kappa shape index (κ2) is 10.8. The van der Waals surface area contributed by atoms with Crippen molar-refractivity contribution < 1.29 is 30.5 Å². The summed E-state index contributed by atoms with van der Waals surface area (Å²) in [5.41, 5.74) is 7.43. The summed E-state index contributed by atoms with van der Waals surface area (Å²) in [5, 5.41) is 0. The number of anilines is 3. The van der Waals surface area contributed by atoms with Crippen molar-refractivity contribution in [3.63, 3.8) is 0 Å². The Labute approximate surface area is 263 Å². The van der Waals surface area contributed by atoms with Gasteiger partial charge < -0.3 is 14.4 Å². The first-order chi connectivity index (χ1) is 20.1. The fourth-order valence-corrected chi connectivity index (χ4v) is 6.90. The van der Waals surface area contributed by atoms with E-state index >= 15 is 0 Å². The molecular formula is C35H25N3O2PtS. The van der Waals surface area contributed by atoms with Crippen molar-refractivity contribution in [3.05, 3.63) is 131 Å². The monoisotopic (exact) mass is 746 g/mol. The molecule has 208 valence electrons. The quantitative estimate of drug-likeness (QED) is 0.170. The van der Waals surface area contributed by atoms with E-state index in [1.807, 2.05) is 31.3 Å². The molecule has 5 aromatic rings. The van der Waals surface area contributed by atoms with Gasteiger partial charge in [-0.05, 0) is 35.4 Å². The zero-order valence-electron chi connectivity index (χ0n) is 22.9. The first kappa shape index (κ1) is 27.0. The molecule has 2 aliphatic heterocycles. The van der Waals surface area contributed by atoms with Crippen LogP contribution in [0.1, 0.15) is 33.9 Å². The van der Waals surface area contributed by atoms with Crippen molar-refractivity contribution in [3.8, 4) is 11.5 Å². The number of para-hydroxylation sites is 1. The molecule has 4 aromatic carbocycles. The summed E-state index contributed by atoms with van der Waals surface area (Å²) in [7, 11) is 0. The maximum atomic E-state index is 6.42. The second-order valence-electron chi connectivity index (χ2n) is 10.6. The van der Waals surface area contributed by atoms with Gasteiger partial charge in [0.1, 0.15) is 23.9 Å². The third-order valence-corrected chi connectivity index (χ3v) is 8.71. The van der Waals surface area contributed by atoms with E-state index < -0.39 is 0 Å². The zero-order valence-corrected chi connectivity index (χ0v) is 26.0. The van der Waals surface area contributed by atoms with Gasteiger partial charge in [-0.15, -0.1) is 29.8 Å². The molecule has 0 radical (unpaired) electrons. The molecule has 0 saturated heterocycles. The Morgan fingerprint density at radius 2 is 1.64 bits per heavy atom. The van der Waals surface area contributed by atoms with Gasteiger partial charge >= 0.3 is 21.1 Å². The number of fused-ring (bicyclic) bond motifs is 5. The van der Waals surface area contributed by atoms with E-state index in [4.69, 9.17) is 19.5 Å². The number of aryl methyl sites for hydroxylation is 2. The molecule has 0 amide bonds. The van der Waals surface area contributed by atoms with Crippen molar-refractivity contribution in [2.45, 2.75) is 42.2 Å². The average molecular weight is 747 g/mol. The predicted molar refractivity (Wildman–Crippen MR) is 161 cm³/mol. The summed E-state index contributed by atoms with van der Waals surface area (Å²) >= 11 is 1.73. The molecule has 3 aliphatic rings.